The van der Waals surface area contributed by atoms with Gasteiger partial charge in [-0.2, -0.15) is 0 Å². The lowest BCUT2D eigenvalue weighted by Crippen LogP contribution is -2.32. The van der Waals surface area contributed by atoms with Gasteiger partial charge in [-0.15, -0.1) is 0 Å². The maximum absolute atomic E-state index is 6.72. The van der Waals surface area contributed by atoms with E-state index in [4.69, 9.17) is 4.74 Å². The number of hydrogen-bond donors (Lipinski definition) is 0. The van der Waals surface area contributed by atoms with E-state index in [2.05, 4.69) is 153 Å². The largest absolute Gasteiger partial charge is 0.492 e. The molecule has 0 saturated carbocycles. The molecule has 7 rings (SSSR count). The van der Waals surface area contributed by atoms with Gasteiger partial charge in [0.25, 0.3) is 0 Å². The average molecular weight is 531 g/mol. The van der Waals surface area contributed by atoms with Crippen LogP contribution in [0.2, 0.25) is 0 Å². The van der Waals surface area contributed by atoms with E-state index in [1.807, 2.05) is 0 Å². The van der Waals surface area contributed by atoms with Crippen LogP contribution in [0.25, 0.3) is 16.7 Å². The van der Waals surface area contributed by atoms with Crippen LogP contribution in [0.1, 0.15) is 51.3 Å². The van der Waals surface area contributed by atoms with Gasteiger partial charge in [0.15, 0.2) is 0 Å². The minimum atomic E-state index is -0.235. The molecular formula is C40H34O. The Morgan fingerprint density at radius 3 is 2.05 bits per heavy atom. The summed E-state index contributed by atoms with van der Waals surface area (Å²) in [4.78, 5) is 0. The fourth-order valence-corrected chi connectivity index (χ4v) is 6.75. The summed E-state index contributed by atoms with van der Waals surface area (Å²) in [7, 11) is 0. The Kier molecular flexibility index (Phi) is 6.44. The zero-order chi connectivity index (χ0) is 27.8. The van der Waals surface area contributed by atoms with Crippen molar-refractivity contribution >= 4 is 5.57 Å². The monoisotopic (exact) mass is 530 g/mol. The lowest BCUT2D eigenvalue weighted by atomic mass is 9.71. The van der Waals surface area contributed by atoms with E-state index >= 15 is 0 Å². The van der Waals surface area contributed by atoms with Crippen molar-refractivity contribution in [3.8, 4) is 16.9 Å². The fourth-order valence-electron chi connectivity index (χ4n) is 6.75. The van der Waals surface area contributed by atoms with Gasteiger partial charge in [0.1, 0.15) is 12.4 Å². The second-order valence-corrected chi connectivity index (χ2v) is 11.5. The number of benzene rings is 5. The summed E-state index contributed by atoms with van der Waals surface area (Å²) in [5, 5.41) is 0. The number of allylic oxidation sites excluding steroid dienone is 3. The summed E-state index contributed by atoms with van der Waals surface area (Å²) in [5.41, 5.74) is 12.6. The molecule has 1 spiro atoms. The molecule has 5 aromatic rings. The van der Waals surface area contributed by atoms with Crippen LogP contribution in [0, 0.1) is 13.8 Å². The van der Waals surface area contributed by atoms with Gasteiger partial charge >= 0.3 is 0 Å². The third kappa shape index (κ3) is 4.52. The Bertz CT molecular complexity index is 1750. The number of aryl methyl sites for hydroxylation is 2. The molecule has 41 heavy (non-hydrogen) atoms. The molecule has 1 atom stereocenters. The lowest BCUT2D eigenvalue weighted by molar-refractivity contribution is 0.253. The Morgan fingerprint density at radius 1 is 0.659 bits per heavy atom. The van der Waals surface area contributed by atoms with E-state index < -0.39 is 0 Å². The highest BCUT2D eigenvalue weighted by atomic mass is 16.5. The van der Waals surface area contributed by atoms with Gasteiger partial charge in [0.2, 0.25) is 0 Å². The van der Waals surface area contributed by atoms with Crippen molar-refractivity contribution < 1.29 is 4.74 Å². The van der Waals surface area contributed by atoms with Gasteiger partial charge < -0.3 is 4.74 Å². The Balaban J connectivity index is 1.40. The summed E-state index contributed by atoms with van der Waals surface area (Å²) in [5.74, 6) is 1.09. The maximum Gasteiger partial charge on any atom is 0.127 e. The van der Waals surface area contributed by atoms with Gasteiger partial charge in [0.05, 0.1) is 5.41 Å². The molecule has 0 radical (unpaired) electrons. The van der Waals surface area contributed by atoms with Crippen molar-refractivity contribution in [3.63, 3.8) is 0 Å². The third-order valence-corrected chi connectivity index (χ3v) is 8.89. The molecule has 1 unspecified atom stereocenters. The van der Waals surface area contributed by atoms with Gasteiger partial charge in [-0.05, 0) is 82.5 Å². The molecule has 0 bridgehead atoms. The van der Waals surface area contributed by atoms with Gasteiger partial charge in [-0.3, -0.25) is 0 Å². The number of rotatable bonds is 4. The molecule has 1 nitrogen and oxygen atoms in total. The molecule has 200 valence electrons. The Hall–Kier alpha value is -4.62. The second kappa shape index (κ2) is 10.4. The highest BCUT2D eigenvalue weighted by Crippen LogP contribution is 2.48. The van der Waals surface area contributed by atoms with E-state index in [9.17, 15) is 0 Å². The minimum absolute atomic E-state index is 0.134. The summed E-state index contributed by atoms with van der Waals surface area (Å²) in [6, 6.07) is 44.0. The second-order valence-electron chi connectivity index (χ2n) is 11.5. The lowest BCUT2D eigenvalue weighted by Gasteiger charge is -2.33. The van der Waals surface area contributed by atoms with E-state index in [0.717, 1.165) is 12.2 Å². The molecule has 2 aliphatic rings. The topological polar surface area (TPSA) is 9.23 Å². The van der Waals surface area contributed by atoms with Crippen LogP contribution in [0.4, 0.5) is 0 Å². The average Bonchev–Trinajstić information content (AvgIpc) is 3.15. The standard InChI is InChI=1S/C40H34O/c1-28-13-6-8-18-33(28)39(34-19-9-7-14-29(34)2)31-22-23-38-36(25-31)35-20-10-11-21-37(35)40(27-41-38)24-12-17-32(26-40)30-15-4-3-5-16-30/h3-23,25-26,39H,24,27H2,1-2H3. The first-order chi connectivity index (χ1) is 20.1. The number of fused-ring (bicyclic) bond motifs is 4. The van der Waals surface area contributed by atoms with E-state index in [1.165, 1.54) is 55.6 Å². The summed E-state index contributed by atoms with van der Waals surface area (Å²) in [6.07, 6.45) is 7.93. The quantitative estimate of drug-likeness (QED) is 0.210. The normalized spacial score (nSPS) is 17.4. The van der Waals surface area contributed by atoms with Crippen LogP contribution in [0.15, 0.2) is 140 Å². The van der Waals surface area contributed by atoms with Crippen molar-refractivity contribution in [1.29, 1.82) is 0 Å². The smallest absolute Gasteiger partial charge is 0.127 e. The van der Waals surface area contributed by atoms with Crippen LogP contribution in [-0.2, 0) is 5.41 Å². The molecule has 0 amide bonds. The molecular weight excluding hydrogens is 496 g/mol. The van der Waals surface area contributed by atoms with E-state index in [0.29, 0.717) is 6.61 Å². The summed E-state index contributed by atoms with van der Waals surface area (Å²) in [6.45, 7) is 5.05. The molecule has 5 aromatic carbocycles. The molecule has 1 heterocycles. The molecule has 1 aliphatic heterocycles. The van der Waals surface area contributed by atoms with Gasteiger partial charge in [0, 0.05) is 11.5 Å². The van der Waals surface area contributed by atoms with Gasteiger partial charge in [-0.25, -0.2) is 0 Å². The van der Waals surface area contributed by atoms with E-state index in [-0.39, 0.29) is 11.3 Å². The molecule has 0 aromatic heterocycles. The zero-order valence-corrected chi connectivity index (χ0v) is 23.7. The summed E-state index contributed by atoms with van der Waals surface area (Å²) >= 11 is 0. The predicted octanol–water partition coefficient (Wildman–Crippen LogP) is 9.82. The maximum atomic E-state index is 6.72. The van der Waals surface area contributed by atoms with Crippen molar-refractivity contribution in [2.75, 3.05) is 6.61 Å². The van der Waals surface area contributed by atoms with Crippen molar-refractivity contribution in [2.45, 2.75) is 31.6 Å². The first kappa shape index (κ1) is 25.4. The summed E-state index contributed by atoms with van der Waals surface area (Å²) < 4.78 is 6.72. The highest BCUT2D eigenvalue weighted by molar-refractivity contribution is 5.81. The van der Waals surface area contributed by atoms with Crippen LogP contribution in [-0.4, -0.2) is 6.61 Å². The van der Waals surface area contributed by atoms with Crippen molar-refractivity contribution in [2.24, 2.45) is 0 Å². The molecule has 0 N–H and O–H groups in total. The first-order valence-electron chi connectivity index (χ1n) is 14.6. The minimum Gasteiger partial charge on any atom is -0.492 e. The van der Waals surface area contributed by atoms with Crippen LogP contribution in [0.5, 0.6) is 5.75 Å². The van der Waals surface area contributed by atoms with Gasteiger partial charge in [-0.1, -0.05) is 127 Å². The molecule has 1 aliphatic carbocycles. The zero-order valence-electron chi connectivity index (χ0n) is 23.7. The Morgan fingerprint density at radius 2 is 1.32 bits per heavy atom. The molecule has 0 saturated heterocycles. The molecule has 0 fully saturated rings. The third-order valence-electron chi connectivity index (χ3n) is 8.89. The van der Waals surface area contributed by atoms with E-state index in [1.54, 1.807) is 0 Å². The van der Waals surface area contributed by atoms with Crippen molar-refractivity contribution in [1.82, 2.24) is 0 Å². The van der Waals surface area contributed by atoms with Crippen molar-refractivity contribution in [3.05, 3.63) is 178 Å². The van der Waals surface area contributed by atoms with Crippen LogP contribution < -0.4 is 4.74 Å². The van der Waals surface area contributed by atoms with Crippen LogP contribution >= 0.6 is 0 Å². The fraction of sp³-hybridized carbons (Fsp3) is 0.150. The van der Waals surface area contributed by atoms with Crippen LogP contribution in [0.3, 0.4) is 0 Å². The number of ether oxygens (including phenoxy) is 1. The molecule has 1 heteroatoms. The number of hydrogen-bond acceptors (Lipinski definition) is 1. The highest BCUT2D eigenvalue weighted by Gasteiger charge is 2.37. The first-order valence-corrected chi connectivity index (χ1v) is 14.6. The predicted molar refractivity (Wildman–Crippen MR) is 171 cm³/mol. The SMILES string of the molecule is Cc1ccccc1C(c1ccc2c(c1)-c1ccccc1C1(C=C(c3ccccc3)C=CC1)CO2)c1ccccc1C. The Labute approximate surface area is 243 Å².